The molecule has 0 spiro atoms. The Hall–Kier alpha value is -3.05. The maximum atomic E-state index is 10.8. The number of nitrogens with one attached hydrogen (secondary N) is 1. The van der Waals surface area contributed by atoms with Gasteiger partial charge in [-0.3, -0.25) is 5.84 Å². The first-order valence-corrected chi connectivity index (χ1v) is 6.65. The largest absolute Gasteiger partial charge is 0.477 e. The molecule has 0 fully saturated rings. The van der Waals surface area contributed by atoms with Crippen molar-refractivity contribution in [1.82, 2.24) is 5.43 Å². The fraction of sp³-hybridized carbons (Fsp3) is 0. The molecule has 0 aliphatic carbocycles. The monoisotopic (exact) mass is 295 g/mol. The van der Waals surface area contributed by atoms with E-state index in [0.29, 0.717) is 0 Å². The third-order valence-electron chi connectivity index (χ3n) is 3.14. The minimum absolute atomic E-state index is 0.152. The lowest BCUT2D eigenvalue weighted by atomic mass is 10.0. The van der Waals surface area contributed by atoms with Crippen LogP contribution >= 0.6 is 0 Å². The van der Waals surface area contributed by atoms with E-state index in [1.165, 1.54) is 6.08 Å². The first-order chi connectivity index (χ1) is 10.6. The molecule has 0 aliphatic rings. The predicted octanol–water partition coefficient (Wildman–Crippen LogP) is 2.09. The van der Waals surface area contributed by atoms with Gasteiger partial charge in [0.15, 0.2) is 0 Å². The van der Waals surface area contributed by atoms with Crippen LogP contribution in [0.1, 0.15) is 5.56 Å². The van der Waals surface area contributed by atoms with E-state index in [0.717, 1.165) is 16.7 Å². The van der Waals surface area contributed by atoms with E-state index in [-0.39, 0.29) is 11.4 Å². The summed E-state index contributed by atoms with van der Waals surface area (Å²) >= 11 is 0. The second kappa shape index (κ2) is 7.10. The van der Waals surface area contributed by atoms with Crippen LogP contribution in [-0.4, -0.2) is 11.1 Å². The molecule has 0 saturated heterocycles. The number of allylic oxidation sites excluding steroid dienone is 1. The van der Waals surface area contributed by atoms with Gasteiger partial charge in [-0.1, -0.05) is 60.7 Å². The maximum absolute atomic E-state index is 10.8. The molecule has 22 heavy (non-hydrogen) atoms. The van der Waals surface area contributed by atoms with Crippen molar-refractivity contribution in [3.05, 3.63) is 77.6 Å². The number of carboxylic acids is 1. The van der Waals surface area contributed by atoms with Crippen molar-refractivity contribution in [2.45, 2.75) is 0 Å². The van der Waals surface area contributed by atoms with Gasteiger partial charge < -0.3 is 16.3 Å². The van der Waals surface area contributed by atoms with Gasteiger partial charge in [0, 0.05) is 0 Å². The van der Waals surface area contributed by atoms with E-state index in [9.17, 15) is 4.79 Å². The molecule has 0 aromatic heterocycles. The fourth-order valence-corrected chi connectivity index (χ4v) is 1.93. The molecule has 0 radical (unpaired) electrons. The molecule has 0 saturated carbocycles. The summed E-state index contributed by atoms with van der Waals surface area (Å²) in [6.07, 6.45) is 3.26. The van der Waals surface area contributed by atoms with Crippen molar-refractivity contribution in [2.75, 3.05) is 0 Å². The molecular formula is C17H17N3O2. The maximum Gasteiger partial charge on any atom is 0.353 e. The van der Waals surface area contributed by atoms with Crippen LogP contribution in [0.15, 0.2) is 72.1 Å². The molecule has 2 aromatic rings. The summed E-state index contributed by atoms with van der Waals surface area (Å²) in [7, 11) is 0. The molecule has 0 aliphatic heterocycles. The summed E-state index contributed by atoms with van der Waals surface area (Å²) in [5.74, 6) is 4.05. The van der Waals surface area contributed by atoms with Crippen LogP contribution in [0.2, 0.25) is 0 Å². The van der Waals surface area contributed by atoms with Crippen LogP contribution in [0.25, 0.3) is 17.2 Å². The van der Waals surface area contributed by atoms with Gasteiger partial charge in [0.25, 0.3) is 0 Å². The van der Waals surface area contributed by atoms with Crippen LogP contribution in [-0.2, 0) is 4.79 Å². The number of carboxylic acid groups (broad SMARTS) is 1. The van der Waals surface area contributed by atoms with E-state index in [2.05, 4.69) is 5.43 Å². The highest BCUT2D eigenvalue weighted by Gasteiger charge is 2.06. The van der Waals surface area contributed by atoms with Crippen LogP contribution in [0, 0.1) is 0 Å². The third kappa shape index (κ3) is 3.74. The van der Waals surface area contributed by atoms with E-state index in [4.69, 9.17) is 16.7 Å². The normalized spacial score (nSPS) is 12.0. The van der Waals surface area contributed by atoms with Crippen molar-refractivity contribution in [1.29, 1.82) is 0 Å². The van der Waals surface area contributed by atoms with E-state index in [1.54, 1.807) is 6.08 Å². The van der Waals surface area contributed by atoms with Gasteiger partial charge in [-0.25, -0.2) is 4.79 Å². The van der Waals surface area contributed by atoms with E-state index >= 15 is 0 Å². The van der Waals surface area contributed by atoms with Crippen molar-refractivity contribution in [3.8, 4) is 11.1 Å². The first kappa shape index (κ1) is 15.3. The van der Waals surface area contributed by atoms with Crippen molar-refractivity contribution >= 4 is 12.0 Å². The number of benzene rings is 2. The molecule has 0 bridgehead atoms. The fourth-order valence-electron chi connectivity index (χ4n) is 1.93. The predicted molar refractivity (Wildman–Crippen MR) is 87.1 cm³/mol. The van der Waals surface area contributed by atoms with Crippen molar-refractivity contribution < 1.29 is 9.90 Å². The number of hydrogen-bond acceptors (Lipinski definition) is 4. The van der Waals surface area contributed by atoms with Crippen LogP contribution in [0.3, 0.4) is 0 Å². The van der Waals surface area contributed by atoms with Gasteiger partial charge in [-0.2, -0.15) is 0 Å². The minimum Gasteiger partial charge on any atom is -0.477 e. The summed E-state index contributed by atoms with van der Waals surface area (Å²) in [5.41, 5.74) is 10.7. The van der Waals surface area contributed by atoms with E-state index in [1.807, 2.05) is 54.6 Å². The highest BCUT2D eigenvalue weighted by Crippen LogP contribution is 2.19. The number of rotatable bonds is 5. The van der Waals surface area contributed by atoms with Crippen LogP contribution < -0.4 is 17.0 Å². The minimum atomic E-state index is -1.22. The van der Waals surface area contributed by atoms with Gasteiger partial charge in [-0.05, 0) is 22.8 Å². The SMILES string of the molecule is NNC(/C=C/c1ccc(-c2ccccc2)cc1)=C(\N)C(=O)O. The zero-order valence-electron chi connectivity index (χ0n) is 11.9. The zero-order valence-corrected chi connectivity index (χ0v) is 11.9. The lowest BCUT2D eigenvalue weighted by Crippen LogP contribution is -2.26. The van der Waals surface area contributed by atoms with Crippen molar-refractivity contribution in [3.63, 3.8) is 0 Å². The Morgan fingerprint density at radius 1 is 1.00 bits per heavy atom. The van der Waals surface area contributed by atoms with Crippen molar-refractivity contribution in [2.24, 2.45) is 11.6 Å². The standard InChI is InChI=1S/C17H17N3O2/c18-16(17(21)22)15(20-19)11-8-12-6-9-14(10-7-12)13-4-2-1-3-5-13/h1-11,20H,18-19H2,(H,21,22)/b11-8+,16-15-. The summed E-state index contributed by atoms with van der Waals surface area (Å²) in [6.45, 7) is 0. The Labute approximate surface area is 128 Å². The molecule has 2 aromatic carbocycles. The number of aliphatic carboxylic acids is 1. The Bertz CT molecular complexity index is 704. The van der Waals surface area contributed by atoms with Gasteiger partial charge in [0.05, 0.1) is 5.70 Å². The lowest BCUT2D eigenvalue weighted by Gasteiger charge is -2.04. The molecular weight excluding hydrogens is 278 g/mol. The zero-order chi connectivity index (χ0) is 15.9. The second-order valence-electron chi connectivity index (χ2n) is 4.60. The average molecular weight is 295 g/mol. The molecule has 6 N–H and O–H groups in total. The molecule has 2 rings (SSSR count). The Kier molecular flexibility index (Phi) is 4.95. The molecule has 0 heterocycles. The van der Waals surface area contributed by atoms with Crippen LogP contribution in [0.4, 0.5) is 0 Å². The Morgan fingerprint density at radius 3 is 2.14 bits per heavy atom. The van der Waals surface area contributed by atoms with Crippen LogP contribution in [0.5, 0.6) is 0 Å². The summed E-state index contributed by atoms with van der Waals surface area (Å²) < 4.78 is 0. The topological polar surface area (TPSA) is 101 Å². The molecule has 112 valence electrons. The summed E-state index contributed by atoms with van der Waals surface area (Å²) in [6, 6.07) is 17.9. The highest BCUT2D eigenvalue weighted by molar-refractivity contribution is 5.87. The third-order valence-corrected chi connectivity index (χ3v) is 3.14. The second-order valence-corrected chi connectivity index (χ2v) is 4.60. The lowest BCUT2D eigenvalue weighted by molar-refractivity contribution is -0.132. The molecule has 5 heteroatoms. The first-order valence-electron chi connectivity index (χ1n) is 6.65. The quantitative estimate of drug-likeness (QED) is 0.293. The average Bonchev–Trinajstić information content (AvgIpc) is 2.56. The van der Waals surface area contributed by atoms with Gasteiger partial charge >= 0.3 is 5.97 Å². The van der Waals surface area contributed by atoms with Gasteiger partial charge in [0.1, 0.15) is 5.70 Å². The van der Waals surface area contributed by atoms with Gasteiger partial charge in [-0.15, -0.1) is 0 Å². The van der Waals surface area contributed by atoms with Gasteiger partial charge in [0.2, 0.25) is 0 Å². The smallest absolute Gasteiger partial charge is 0.353 e. The number of hydrogen-bond donors (Lipinski definition) is 4. The van der Waals surface area contributed by atoms with E-state index < -0.39 is 5.97 Å². The molecule has 0 amide bonds. The summed E-state index contributed by atoms with van der Waals surface area (Å²) in [4.78, 5) is 10.8. The molecule has 0 atom stereocenters. The number of nitrogens with two attached hydrogens (primary N) is 2. The summed E-state index contributed by atoms with van der Waals surface area (Å²) in [5, 5.41) is 8.83. The number of hydrazine groups is 1. The Balaban J connectivity index is 2.20. The highest BCUT2D eigenvalue weighted by atomic mass is 16.4. The number of carbonyl (C=O) groups is 1. The molecule has 0 unspecified atom stereocenters. The Morgan fingerprint density at radius 2 is 1.59 bits per heavy atom. The molecule has 5 nitrogen and oxygen atoms in total.